The van der Waals surface area contributed by atoms with Crippen LogP contribution < -0.4 is 20.5 Å². The van der Waals surface area contributed by atoms with Crippen LogP contribution in [0.15, 0.2) is 23.2 Å². The molecular weight excluding hydrogens is 419 g/mol. The molecule has 0 saturated carbocycles. The molecule has 6 nitrogen and oxygen atoms in total. The van der Waals surface area contributed by atoms with Crippen LogP contribution in [0.3, 0.4) is 0 Å². The van der Waals surface area contributed by atoms with Crippen molar-refractivity contribution in [2.75, 3.05) is 40.4 Å². The maximum absolute atomic E-state index is 5.93. The second-order valence-electron chi connectivity index (χ2n) is 5.72. The van der Waals surface area contributed by atoms with Gasteiger partial charge >= 0.3 is 0 Å². The van der Waals surface area contributed by atoms with Crippen LogP contribution >= 0.6 is 24.0 Å². The smallest absolute Gasteiger partial charge is 0.188 e. The maximum Gasteiger partial charge on any atom is 0.188 e. The molecule has 3 N–H and O–H groups in total. The summed E-state index contributed by atoms with van der Waals surface area (Å²) >= 11 is 0. The maximum atomic E-state index is 5.93. The van der Waals surface area contributed by atoms with Crippen LogP contribution in [0.25, 0.3) is 0 Å². The number of piperidine rings is 1. The zero-order chi connectivity index (χ0) is 16.5. The van der Waals surface area contributed by atoms with E-state index in [1.165, 1.54) is 32.4 Å². The Morgan fingerprint density at radius 3 is 2.54 bits per heavy atom. The number of methoxy groups -OCH3 is 2. The lowest BCUT2D eigenvalue weighted by Crippen LogP contribution is -2.40. The molecule has 0 atom stereocenters. The van der Waals surface area contributed by atoms with Crippen LogP contribution in [0.5, 0.6) is 11.5 Å². The molecule has 0 bridgehead atoms. The Morgan fingerprint density at radius 1 is 1.17 bits per heavy atom. The number of nitrogens with two attached hydrogens (primary N) is 1. The van der Waals surface area contributed by atoms with E-state index in [4.69, 9.17) is 15.2 Å². The van der Waals surface area contributed by atoms with Gasteiger partial charge in [0, 0.05) is 13.1 Å². The first kappa shape index (κ1) is 20.8. The summed E-state index contributed by atoms with van der Waals surface area (Å²) in [7, 11) is 3.25. The highest BCUT2D eigenvalue weighted by atomic mass is 127. The standard InChI is InChI=1S/C17H28N4O2.HI/c1-22-15-7-6-14(12-16(15)23-2)13-20-17(18)19-8-11-21-9-4-3-5-10-21;/h6-7,12H,3-5,8-11,13H2,1-2H3,(H3,18,19,20);1H. The molecule has 1 aromatic rings. The van der Waals surface area contributed by atoms with Gasteiger partial charge in [0.25, 0.3) is 0 Å². The molecule has 0 spiro atoms. The number of ether oxygens (including phenoxy) is 2. The predicted molar refractivity (Wildman–Crippen MR) is 109 cm³/mol. The van der Waals surface area contributed by atoms with Gasteiger partial charge in [-0.1, -0.05) is 12.5 Å². The van der Waals surface area contributed by atoms with Gasteiger partial charge in [0.15, 0.2) is 17.5 Å². The second-order valence-corrected chi connectivity index (χ2v) is 5.72. The van der Waals surface area contributed by atoms with Crippen molar-refractivity contribution >= 4 is 29.9 Å². The average Bonchev–Trinajstić information content (AvgIpc) is 2.60. The summed E-state index contributed by atoms with van der Waals surface area (Å²) < 4.78 is 10.5. The van der Waals surface area contributed by atoms with Crippen molar-refractivity contribution in [2.45, 2.75) is 25.8 Å². The van der Waals surface area contributed by atoms with Crippen LogP contribution in [-0.4, -0.2) is 51.3 Å². The quantitative estimate of drug-likeness (QED) is 0.380. The molecule has 136 valence electrons. The SMILES string of the molecule is COc1ccc(CN=C(N)NCCN2CCCCC2)cc1OC.I. The number of benzene rings is 1. The third-order valence-corrected chi connectivity index (χ3v) is 4.06. The molecule has 1 aliphatic heterocycles. The number of likely N-dealkylation sites (tertiary alicyclic amines) is 1. The second kappa shape index (κ2) is 11.4. The van der Waals surface area contributed by atoms with Crippen molar-refractivity contribution in [3.8, 4) is 11.5 Å². The molecule has 1 heterocycles. The van der Waals surface area contributed by atoms with E-state index in [0.29, 0.717) is 24.0 Å². The van der Waals surface area contributed by atoms with Crippen molar-refractivity contribution < 1.29 is 9.47 Å². The molecule has 0 radical (unpaired) electrons. The number of halogens is 1. The third kappa shape index (κ3) is 6.72. The topological polar surface area (TPSA) is 72.1 Å². The van der Waals surface area contributed by atoms with Crippen LogP contribution in [0.2, 0.25) is 0 Å². The summed E-state index contributed by atoms with van der Waals surface area (Å²) in [4.78, 5) is 6.85. The Labute approximate surface area is 161 Å². The lowest BCUT2D eigenvalue weighted by atomic mass is 10.1. The summed E-state index contributed by atoms with van der Waals surface area (Å²) in [5.74, 6) is 1.90. The molecule has 0 aliphatic carbocycles. The Hall–Kier alpha value is -1.22. The monoisotopic (exact) mass is 448 g/mol. The van der Waals surface area contributed by atoms with E-state index in [-0.39, 0.29) is 24.0 Å². The van der Waals surface area contributed by atoms with E-state index >= 15 is 0 Å². The lowest BCUT2D eigenvalue weighted by molar-refractivity contribution is 0.232. The number of rotatable bonds is 7. The lowest BCUT2D eigenvalue weighted by Gasteiger charge is -2.26. The normalized spacial score (nSPS) is 15.5. The average molecular weight is 448 g/mol. The van der Waals surface area contributed by atoms with Gasteiger partial charge in [-0.25, -0.2) is 4.99 Å². The van der Waals surface area contributed by atoms with E-state index in [2.05, 4.69) is 15.2 Å². The number of aliphatic imine (C=N–C) groups is 1. The van der Waals surface area contributed by atoms with Gasteiger partial charge in [0.05, 0.1) is 20.8 Å². The van der Waals surface area contributed by atoms with E-state index in [1.807, 2.05) is 18.2 Å². The van der Waals surface area contributed by atoms with Gasteiger partial charge in [-0.15, -0.1) is 24.0 Å². The number of hydrogen-bond donors (Lipinski definition) is 2. The molecule has 0 amide bonds. The molecule has 7 heteroatoms. The van der Waals surface area contributed by atoms with Crippen LogP contribution in [-0.2, 0) is 6.54 Å². The summed E-state index contributed by atoms with van der Waals surface area (Å²) in [6.45, 7) is 4.77. The zero-order valence-electron chi connectivity index (χ0n) is 14.6. The number of guanidine groups is 1. The molecule has 2 rings (SSSR count). The largest absolute Gasteiger partial charge is 0.493 e. The number of hydrogen-bond acceptors (Lipinski definition) is 4. The minimum absolute atomic E-state index is 0. The minimum Gasteiger partial charge on any atom is -0.493 e. The first-order valence-electron chi connectivity index (χ1n) is 8.20. The van der Waals surface area contributed by atoms with Crippen molar-refractivity contribution in [1.82, 2.24) is 10.2 Å². The highest BCUT2D eigenvalue weighted by molar-refractivity contribution is 14.0. The first-order chi connectivity index (χ1) is 11.2. The van der Waals surface area contributed by atoms with Crippen LogP contribution in [0, 0.1) is 0 Å². The molecule has 1 fully saturated rings. The predicted octanol–water partition coefficient (Wildman–Crippen LogP) is 2.21. The van der Waals surface area contributed by atoms with Gasteiger partial charge in [-0.05, 0) is 43.6 Å². The Kier molecular flexibility index (Phi) is 9.85. The van der Waals surface area contributed by atoms with Gasteiger partial charge in [0.2, 0.25) is 0 Å². The fourth-order valence-corrected chi connectivity index (χ4v) is 2.74. The first-order valence-corrected chi connectivity index (χ1v) is 8.20. The van der Waals surface area contributed by atoms with Gasteiger partial charge < -0.3 is 25.4 Å². The fraction of sp³-hybridized carbons (Fsp3) is 0.588. The Bertz CT molecular complexity index is 519. The molecule has 1 saturated heterocycles. The molecule has 1 aliphatic rings. The summed E-state index contributed by atoms with van der Waals surface area (Å²) in [6.07, 6.45) is 3.98. The summed E-state index contributed by atoms with van der Waals surface area (Å²) in [6, 6.07) is 5.76. The highest BCUT2D eigenvalue weighted by Gasteiger charge is 2.09. The molecule has 0 aromatic heterocycles. The van der Waals surface area contributed by atoms with E-state index in [9.17, 15) is 0 Å². The van der Waals surface area contributed by atoms with Crippen LogP contribution in [0.4, 0.5) is 0 Å². The van der Waals surface area contributed by atoms with Crippen molar-refractivity contribution in [3.63, 3.8) is 0 Å². The van der Waals surface area contributed by atoms with Crippen molar-refractivity contribution in [2.24, 2.45) is 10.7 Å². The van der Waals surface area contributed by atoms with E-state index in [0.717, 1.165) is 18.7 Å². The van der Waals surface area contributed by atoms with E-state index < -0.39 is 0 Å². The molecular formula is C17H29IN4O2. The van der Waals surface area contributed by atoms with Gasteiger partial charge in [-0.3, -0.25) is 0 Å². The van der Waals surface area contributed by atoms with Crippen LogP contribution in [0.1, 0.15) is 24.8 Å². The van der Waals surface area contributed by atoms with E-state index in [1.54, 1.807) is 14.2 Å². The minimum atomic E-state index is 0. The number of nitrogens with one attached hydrogen (secondary N) is 1. The molecule has 24 heavy (non-hydrogen) atoms. The molecule has 1 aromatic carbocycles. The summed E-state index contributed by atoms with van der Waals surface area (Å²) in [5.41, 5.74) is 6.96. The van der Waals surface area contributed by atoms with Gasteiger partial charge in [-0.2, -0.15) is 0 Å². The Morgan fingerprint density at radius 2 is 1.88 bits per heavy atom. The van der Waals surface area contributed by atoms with Crippen molar-refractivity contribution in [1.29, 1.82) is 0 Å². The Balaban J connectivity index is 0.00000288. The zero-order valence-corrected chi connectivity index (χ0v) is 16.9. The van der Waals surface area contributed by atoms with Crippen molar-refractivity contribution in [3.05, 3.63) is 23.8 Å². The molecule has 0 unspecified atom stereocenters. The number of nitrogens with zero attached hydrogens (tertiary/aromatic N) is 2. The van der Waals surface area contributed by atoms with Gasteiger partial charge in [0.1, 0.15) is 0 Å². The summed E-state index contributed by atoms with van der Waals surface area (Å²) in [5, 5.41) is 3.18. The highest BCUT2D eigenvalue weighted by Crippen LogP contribution is 2.27. The fourth-order valence-electron chi connectivity index (χ4n) is 2.74. The third-order valence-electron chi connectivity index (χ3n) is 4.06.